The number of hydrogen-bond acceptors (Lipinski definition) is 12. The van der Waals surface area contributed by atoms with Gasteiger partial charge in [0.15, 0.2) is 18.4 Å². The molecule has 4 unspecified atom stereocenters. The topological polar surface area (TPSA) is 243 Å². The Morgan fingerprint density at radius 1 is 0.760 bits per heavy atom. The zero-order valence-electron chi connectivity index (χ0n) is 25.7. The Bertz CT molecular complexity index is 1980. The second-order valence-electron chi connectivity index (χ2n) is 10.4. The smallest absolute Gasteiger partial charge is 0.439 e. The van der Waals surface area contributed by atoms with E-state index >= 15 is 0 Å². The number of nitrogens with one attached hydrogen (secondary N) is 3. The highest BCUT2D eigenvalue weighted by Gasteiger charge is 2.52. The Morgan fingerprint density at radius 3 is 1.84 bits per heavy atom. The highest BCUT2D eigenvalue weighted by molar-refractivity contribution is 7.61. The van der Waals surface area contributed by atoms with Crippen molar-refractivity contribution in [2.75, 3.05) is 17.2 Å². The summed E-state index contributed by atoms with van der Waals surface area (Å²) < 4.78 is 57.3. The van der Waals surface area contributed by atoms with Crippen LogP contribution in [0.15, 0.2) is 113 Å². The number of ether oxygens (including phenoxy) is 3. The maximum absolute atomic E-state index is 13.1. The van der Waals surface area contributed by atoms with E-state index in [0.29, 0.717) is 16.9 Å². The molecule has 0 aliphatic carbocycles. The van der Waals surface area contributed by atoms with Gasteiger partial charge in [0.05, 0.1) is 13.2 Å². The number of H-pyrrole nitrogens is 1. The minimum absolute atomic E-state index is 0.305. The van der Waals surface area contributed by atoms with Gasteiger partial charge in [0.2, 0.25) is 0 Å². The largest absolute Gasteiger partial charge is 0.481 e. The lowest BCUT2D eigenvalue weighted by Gasteiger charge is -2.25. The zero-order chi connectivity index (χ0) is 35.7. The van der Waals surface area contributed by atoms with Crippen LogP contribution in [0.5, 0.6) is 0 Å². The van der Waals surface area contributed by atoms with Crippen LogP contribution < -0.4 is 21.9 Å². The van der Waals surface area contributed by atoms with Crippen molar-refractivity contribution in [1.82, 2.24) is 9.55 Å². The summed E-state index contributed by atoms with van der Waals surface area (Å²) in [6.07, 6.45) is -7.75. The number of hydrogen-bond donors (Lipinski definition) is 5. The summed E-state index contributed by atoms with van der Waals surface area (Å²) in [6.45, 7) is -1.45. The van der Waals surface area contributed by atoms with Crippen molar-refractivity contribution in [2.24, 2.45) is 0 Å². The van der Waals surface area contributed by atoms with E-state index in [1.54, 1.807) is 91.0 Å². The second kappa shape index (κ2) is 16.2. The standard InChI is InChI=1S/C30H30N4O14P2/c35-24-16-17-34(28(36)33-24)27-26(47-30(38)32-22-14-8-3-9-15-22)25(46-29(37)31-21-12-6-2-7-13-21)23(45-27)19-44-50(41,42)48-49(39,40)43-18-20-10-4-1-5-11-20/h1-17,23,25-27H,18-19H2,(H,31,37)(H,32,38)(H,39,40)(H,41,42)(H,33,35,36)/t23-,25?,26?,27-/m1/s1. The number of nitrogens with zero attached hydrogens (tertiary/aromatic N) is 1. The van der Waals surface area contributed by atoms with Gasteiger partial charge in [0, 0.05) is 23.6 Å². The van der Waals surface area contributed by atoms with Crippen LogP contribution >= 0.6 is 15.6 Å². The number of phosphoric ester groups is 2. The highest BCUT2D eigenvalue weighted by atomic mass is 31.3. The van der Waals surface area contributed by atoms with Crippen LogP contribution in [-0.4, -0.2) is 56.4 Å². The van der Waals surface area contributed by atoms with Crippen molar-refractivity contribution in [1.29, 1.82) is 0 Å². The molecule has 1 aromatic heterocycles. The Morgan fingerprint density at radius 2 is 1.28 bits per heavy atom. The van der Waals surface area contributed by atoms with Crippen molar-refractivity contribution < 1.29 is 56.1 Å². The molecule has 20 heteroatoms. The van der Waals surface area contributed by atoms with Crippen LogP contribution in [0.2, 0.25) is 0 Å². The van der Waals surface area contributed by atoms with Gasteiger partial charge in [-0.2, -0.15) is 4.31 Å². The van der Waals surface area contributed by atoms with Crippen LogP contribution in [-0.2, 0) is 43.3 Å². The molecule has 18 nitrogen and oxygen atoms in total. The monoisotopic (exact) mass is 732 g/mol. The summed E-state index contributed by atoms with van der Waals surface area (Å²) in [5, 5.41) is 4.93. The van der Waals surface area contributed by atoms with Crippen LogP contribution in [0.1, 0.15) is 11.8 Å². The first-order valence-corrected chi connectivity index (χ1v) is 17.6. The third-order valence-corrected chi connectivity index (χ3v) is 9.36. The van der Waals surface area contributed by atoms with Gasteiger partial charge in [0.25, 0.3) is 5.56 Å². The van der Waals surface area contributed by atoms with Crippen molar-refractivity contribution in [3.8, 4) is 0 Å². The molecule has 1 aliphatic rings. The summed E-state index contributed by atoms with van der Waals surface area (Å²) in [5.41, 5.74) is -0.701. The molecule has 0 spiro atoms. The Hall–Kier alpha value is -4.90. The number of para-hydroxylation sites is 2. The van der Waals surface area contributed by atoms with E-state index in [-0.39, 0.29) is 0 Å². The van der Waals surface area contributed by atoms with Gasteiger partial charge in [-0.25, -0.2) is 23.5 Å². The van der Waals surface area contributed by atoms with Gasteiger partial charge in [0.1, 0.15) is 6.10 Å². The molecule has 2 amide bonds. The highest BCUT2D eigenvalue weighted by Crippen LogP contribution is 2.61. The first-order chi connectivity index (χ1) is 23.9. The fourth-order valence-electron chi connectivity index (χ4n) is 4.62. The molecule has 1 fully saturated rings. The molecule has 6 atom stereocenters. The van der Waals surface area contributed by atoms with Gasteiger partial charge >= 0.3 is 33.5 Å². The molecular formula is C30H30N4O14P2. The molecule has 264 valence electrons. The third kappa shape index (κ3) is 10.3. The molecule has 0 radical (unpaired) electrons. The molecule has 1 aliphatic heterocycles. The van der Waals surface area contributed by atoms with Gasteiger partial charge < -0.3 is 24.0 Å². The second-order valence-corrected chi connectivity index (χ2v) is 13.4. The van der Waals surface area contributed by atoms with Crippen molar-refractivity contribution in [3.05, 3.63) is 130 Å². The van der Waals surface area contributed by atoms with Gasteiger partial charge in [-0.3, -0.25) is 34.0 Å². The van der Waals surface area contributed by atoms with Crippen LogP contribution in [0.25, 0.3) is 0 Å². The van der Waals surface area contributed by atoms with E-state index in [1.807, 2.05) is 4.98 Å². The SMILES string of the molecule is O=C(Nc1ccccc1)OC1C(OC(=O)Nc2ccccc2)[C@@H](COP(=O)(O)OP(=O)(O)OCc2ccccc2)O[C@H]1n1ccc(=O)[nH]c1=O. The van der Waals surface area contributed by atoms with E-state index in [9.17, 15) is 38.1 Å². The molecule has 5 rings (SSSR count). The lowest BCUT2D eigenvalue weighted by molar-refractivity contribution is -0.0554. The summed E-state index contributed by atoms with van der Waals surface area (Å²) in [6, 6.07) is 25.2. The fourth-order valence-corrected chi connectivity index (χ4v) is 6.69. The molecule has 50 heavy (non-hydrogen) atoms. The number of benzene rings is 3. The van der Waals surface area contributed by atoms with Crippen LogP contribution in [0.3, 0.4) is 0 Å². The Kier molecular flexibility index (Phi) is 11.8. The number of amides is 2. The Balaban J connectivity index is 1.39. The predicted octanol–water partition coefficient (Wildman–Crippen LogP) is 4.12. The first-order valence-electron chi connectivity index (χ1n) is 14.6. The number of aromatic amines is 1. The fraction of sp³-hybridized carbons (Fsp3) is 0.200. The molecule has 0 bridgehead atoms. The first kappa shape index (κ1) is 36.4. The lowest BCUT2D eigenvalue weighted by atomic mass is 10.1. The van der Waals surface area contributed by atoms with E-state index < -0.39 is 76.8 Å². The van der Waals surface area contributed by atoms with Crippen molar-refractivity contribution in [3.63, 3.8) is 0 Å². The minimum atomic E-state index is -5.41. The number of carbonyl (C=O) groups is 2. The van der Waals surface area contributed by atoms with E-state index in [2.05, 4.69) is 14.9 Å². The van der Waals surface area contributed by atoms with E-state index in [4.69, 9.17) is 23.3 Å². The number of phosphoric acid groups is 2. The van der Waals surface area contributed by atoms with E-state index in [0.717, 1.165) is 16.8 Å². The lowest BCUT2D eigenvalue weighted by Crippen LogP contribution is -2.44. The van der Waals surface area contributed by atoms with Crippen LogP contribution in [0, 0.1) is 0 Å². The molecule has 4 aromatic rings. The minimum Gasteiger partial charge on any atom is -0.439 e. The summed E-state index contributed by atoms with van der Waals surface area (Å²) >= 11 is 0. The average Bonchev–Trinajstić information content (AvgIpc) is 3.39. The normalized spacial score (nSPS) is 20.9. The number of aromatic nitrogens is 2. The van der Waals surface area contributed by atoms with Gasteiger partial charge in [-0.05, 0) is 29.8 Å². The molecule has 2 heterocycles. The molecule has 5 N–H and O–H groups in total. The maximum Gasteiger partial charge on any atom is 0.481 e. The predicted molar refractivity (Wildman–Crippen MR) is 174 cm³/mol. The van der Waals surface area contributed by atoms with E-state index in [1.165, 1.54) is 0 Å². The molecule has 1 saturated heterocycles. The van der Waals surface area contributed by atoms with Crippen LogP contribution in [0.4, 0.5) is 21.0 Å². The average molecular weight is 733 g/mol. The number of rotatable bonds is 13. The number of carbonyl (C=O) groups excluding carboxylic acids is 2. The van der Waals surface area contributed by atoms with Crippen molar-refractivity contribution >= 4 is 39.2 Å². The van der Waals surface area contributed by atoms with Gasteiger partial charge in [-0.15, -0.1) is 0 Å². The molecular weight excluding hydrogens is 702 g/mol. The summed E-state index contributed by atoms with van der Waals surface area (Å²) in [4.78, 5) is 73.1. The number of anilines is 2. The third-order valence-electron chi connectivity index (χ3n) is 6.78. The van der Waals surface area contributed by atoms with Gasteiger partial charge in [-0.1, -0.05) is 66.7 Å². The molecule has 3 aromatic carbocycles. The summed E-state index contributed by atoms with van der Waals surface area (Å²) in [7, 11) is -10.6. The van der Waals surface area contributed by atoms with Crippen molar-refractivity contribution in [2.45, 2.75) is 31.1 Å². The quantitative estimate of drug-likeness (QED) is 0.122. The Labute approximate surface area is 282 Å². The summed E-state index contributed by atoms with van der Waals surface area (Å²) in [5.74, 6) is 0. The zero-order valence-corrected chi connectivity index (χ0v) is 27.5. The maximum atomic E-state index is 13.1. The molecule has 0 saturated carbocycles.